The van der Waals surface area contributed by atoms with Gasteiger partial charge in [-0.2, -0.15) is 18.2 Å². The predicted molar refractivity (Wildman–Crippen MR) is 104 cm³/mol. The monoisotopic (exact) mass is 462 g/mol. The molecule has 0 spiro atoms. The molecule has 0 N–H and O–H groups in total. The highest BCUT2D eigenvalue weighted by atomic mass is 35.5. The standard InChI is InChI=1S/C19H18ClF3N2O6/c1-24(29-2)7-8-30-18(26)10-12-9-14(4-5-16(12)25(27)28)31-17-6-3-13(11-15(17)20)19(21,22)23/h3-6,9,11H,7-8,10H2,1-2H3. The number of nitro groups is 1. The molecule has 8 nitrogen and oxygen atoms in total. The molecule has 31 heavy (non-hydrogen) atoms. The molecule has 0 aliphatic heterocycles. The second kappa shape index (κ2) is 10.4. The number of halogens is 4. The van der Waals surface area contributed by atoms with E-state index in [0.717, 1.165) is 18.2 Å². The van der Waals surface area contributed by atoms with Crippen molar-refractivity contribution in [2.75, 3.05) is 27.3 Å². The molecule has 0 aliphatic carbocycles. The number of nitro benzene ring substituents is 1. The van der Waals surface area contributed by atoms with Gasteiger partial charge in [0.2, 0.25) is 0 Å². The first-order valence-electron chi connectivity index (χ1n) is 8.74. The first-order valence-corrected chi connectivity index (χ1v) is 9.12. The van der Waals surface area contributed by atoms with E-state index in [4.69, 9.17) is 25.9 Å². The highest BCUT2D eigenvalue weighted by Crippen LogP contribution is 2.37. The van der Waals surface area contributed by atoms with E-state index >= 15 is 0 Å². The van der Waals surface area contributed by atoms with Gasteiger partial charge in [0.1, 0.15) is 18.1 Å². The Bertz CT molecular complexity index is 955. The predicted octanol–water partition coefficient (Wildman–Crippen LogP) is 4.64. The van der Waals surface area contributed by atoms with Crippen LogP contribution in [0.15, 0.2) is 36.4 Å². The molecular formula is C19H18ClF3N2O6. The van der Waals surface area contributed by atoms with Crippen LogP contribution in [0.4, 0.5) is 18.9 Å². The summed E-state index contributed by atoms with van der Waals surface area (Å²) in [5, 5.41) is 12.4. The van der Waals surface area contributed by atoms with Crippen molar-refractivity contribution in [2.45, 2.75) is 12.6 Å². The summed E-state index contributed by atoms with van der Waals surface area (Å²) in [5.41, 5.74) is -1.27. The third kappa shape index (κ3) is 7.09. The van der Waals surface area contributed by atoms with Gasteiger partial charge in [0.25, 0.3) is 5.69 Å². The molecule has 0 fully saturated rings. The van der Waals surface area contributed by atoms with Gasteiger partial charge in [0.15, 0.2) is 0 Å². The average Bonchev–Trinajstić information content (AvgIpc) is 2.68. The van der Waals surface area contributed by atoms with Crippen molar-refractivity contribution in [1.29, 1.82) is 0 Å². The molecule has 0 atom stereocenters. The number of hydrogen-bond acceptors (Lipinski definition) is 7. The van der Waals surface area contributed by atoms with E-state index in [1.54, 1.807) is 7.05 Å². The van der Waals surface area contributed by atoms with E-state index in [2.05, 4.69) is 0 Å². The van der Waals surface area contributed by atoms with Crippen LogP contribution in [0.25, 0.3) is 0 Å². The number of hydrogen-bond donors (Lipinski definition) is 0. The summed E-state index contributed by atoms with van der Waals surface area (Å²) in [6, 6.07) is 6.13. The van der Waals surface area contributed by atoms with Crippen LogP contribution < -0.4 is 4.74 Å². The third-order valence-corrected chi connectivity index (χ3v) is 4.35. The number of esters is 1. The van der Waals surface area contributed by atoms with Gasteiger partial charge in [-0.3, -0.25) is 14.9 Å². The van der Waals surface area contributed by atoms with Crippen molar-refractivity contribution in [3.8, 4) is 11.5 Å². The first kappa shape index (κ1) is 24.4. The van der Waals surface area contributed by atoms with Gasteiger partial charge in [0, 0.05) is 18.7 Å². The summed E-state index contributed by atoms with van der Waals surface area (Å²) >= 11 is 5.86. The second-order valence-electron chi connectivity index (χ2n) is 6.22. The lowest BCUT2D eigenvalue weighted by Gasteiger charge is -2.13. The Labute approximate surface area is 180 Å². The van der Waals surface area contributed by atoms with Gasteiger partial charge < -0.3 is 14.3 Å². The summed E-state index contributed by atoms with van der Waals surface area (Å²) in [7, 11) is 3.07. The average molecular weight is 463 g/mol. The van der Waals surface area contributed by atoms with Gasteiger partial charge in [-0.1, -0.05) is 11.6 Å². The Balaban J connectivity index is 2.18. The molecule has 2 aromatic carbocycles. The summed E-state index contributed by atoms with van der Waals surface area (Å²) < 4.78 is 48.8. The smallest absolute Gasteiger partial charge is 0.416 e. The summed E-state index contributed by atoms with van der Waals surface area (Å²) in [6.45, 7) is 0.300. The zero-order valence-corrected chi connectivity index (χ0v) is 17.2. The Kier molecular flexibility index (Phi) is 8.20. The molecule has 0 radical (unpaired) electrons. The van der Waals surface area contributed by atoms with Crippen LogP contribution in [0, 0.1) is 10.1 Å². The lowest BCUT2D eigenvalue weighted by atomic mass is 10.1. The van der Waals surface area contributed by atoms with Crippen LogP contribution in [0.5, 0.6) is 11.5 Å². The van der Waals surface area contributed by atoms with E-state index in [-0.39, 0.29) is 34.4 Å². The fourth-order valence-corrected chi connectivity index (χ4v) is 2.64. The third-order valence-electron chi connectivity index (χ3n) is 4.05. The molecule has 0 bridgehead atoms. The lowest BCUT2D eigenvalue weighted by molar-refractivity contribution is -0.385. The lowest BCUT2D eigenvalue weighted by Crippen LogP contribution is -2.23. The molecule has 0 aliphatic rings. The van der Waals surface area contributed by atoms with E-state index in [9.17, 15) is 28.1 Å². The van der Waals surface area contributed by atoms with Crippen molar-refractivity contribution in [2.24, 2.45) is 0 Å². The quantitative estimate of drug-likeness (QED) is 0.304. The molecule has 0 unspecified atom stereocenters. The van der Waals surface area contributed by atoms with Crippen LogP contribution >= 0.6 is 11.6 Å². The van der Waals surface area contributed by atoms with Crippen molar-refractivity contribution in [3.05, 3.63) is 62.7 Å². The Morgan fingerprint density at radius 1 is 1.23 bits per heavy atom. The van der Waals surface area contributed by atoms with Gasteiger partial charge in [-0.15, -0.1) is 0 Å². The molecular weight excluding hydrogens is 445 g/mol. The van der Waals surface area contributed by atoms with Crippen molar-refractivity contribution >= 4 is 23.3 Å². The normalized spacial score (nSPS) is 11.5. The number of ether oxygens (including phenoxy) is 2. The summed E-state index contributed by atoms with van der Waals surface area (Å²) in [4.78, 5) is 27.5. The SMILES string of the molecule is CON(C)CCOC(=O)Cc1cc(Oc2ccc(C(F)(F)F)cc2Cl)ccc1[N+](=O)[O-]. The molecule has 0 saturated heterocycles. The number of rotatable bonds is 9. The molecule has 0 aromatic heterocycles. The van der Waals surface area contributed by atoms with Gasteiger partial charge in [0.05, 0.1) is 35.6 Å². The largest absolute Gasteiger partial charge is 0.464 e. The van der Waals surface area contributed by atoms with E-state index in [0.29, 0.717) is 12.6 Å². The fourth-order valence-electron chi connectivity index (χ4n) is 2.42. The van der Waals surface area contributed by atoms with Gasteiger partial charge >= 0.3 is 12.1 Å². The molecule has 12 heteroatoms. The van der Waals surface area contributed by atoms with E-state index in [1.165, 1.54) is 24.3 Å². The van der Waals surface area contributed by atoms with Crippen molar-refractivity contribution in [1.82, 2.24) is 5.06 Å². The Morgan fingerprint density at radius 2 is 1.94 bits per heavy atom. The topological polar surface area (TPSA) is 91.1 Å². The zero-order valence-electron chi connectivity index (χ0n) is 16.4. The molecule has 0 heterocycles. The van der Waals surface area contributed by atoms with E-state index in [1.807, 2.05) is 0 Å². The van der Waals surface area contributed by atoms with Crippen LogP contribution in [0.2, 0.25) is 5.02 Å². The first-order chi connectivity index (χ1) is 14.5. The zero-order chi connectivity index (χ0) is 23.2. The minimum atomic E-state index is -4.57. The number of benzene rings is 2. The van der Waals surface area contributed by atoms with Crippen LogP contribution in [-0.4, -0.2) is 43.3 Å². The number of alkyl halides is 3. The van der Waals surface area contributed by atoms with Crippen molar-refractivity contribution < 1.29 is 37.2 Å². The maximum atomic E-state index is 12.8. The summed E-state index contributed by atoms with van der Waals surface area (Å²) in [6.07, 6.45) is -4.98. The number of hydroxylamine groups is 2. The van der Waals surface area contributed by atoms with Crippen LogP contribution in [0.3, 0.4) is 0 Å². The maximum absolute atomic E-state index is 12.8. The Hall–Kier alpha value is -2.89. The van der Waals surface area contributed by atoms with Gasteiger partial charge in [-0.25, -0.2) is 0 Å². The minimum absolute atomic E-state index is 0.00826. The number of carbonyl (C=O) groups is 1. The highest BCUT2D eigenvalue weighted by Gasteiger charge is 2.31. The fraction of sp³-hybridized carbons (Fsp3) is 0.316. The van der Waals surface area contributed by atoms with Crippen LogP contribution in [-0.2, 0) is 27.0 Å². The van der Waals surface area contributed by atoms with Crippen LogP contribution in [0.1, 0.15) is 11.1 Å². The highest BCUT2D eigenvalue weighted by molar-refractivity contribution is 6.32. The molecule has 2 rings (SSSR count). The van der Waals surface area contributed by atoms with Gasteiger partial charge in [-0.05, 0) is 30.3 Å². The van der Waals surface area contributed by atoms with E-state index < -0.39 is 29.1 Å². The van der Waals surface area contributed by atoms with Crippen molar-refractivity contribution in [3.63, 3.8) is 0 Å². The minimum Gasteiger partial charge on any atom is -0.464 e. The molecule has 2 aromatic rings. The Morgan fingerprint density at radius 3 is 2.52 bits per heavy atom. The second-order valence-corrected chi connectivity index (χ2v) is 6.63. The number of likely N-dealkylation sites (N-methyl/N-ethyl adjacent to an activating group) is 1. The maximum Gasteiger partial charge on any atom is 0.416 e. The summed E-state index contributed by atoms with van der Waals surface area (Å²) in [5.74, 6) is -0.744. The molecule has 168 valence electrons. The molecule has 0 saturated carbocycles. The molecule has 0 amide bonds. The number of nitrogens with zero attached hydrogens (tertiary/aromatic N) is 2. The number of carbonyl (C=O) groups excluding carboxylic acids is 1.